The fraction of sp³-hybridized carbons (Fsp3) is 0.0769. The van der Waals surface area contributed by atoms with Gasteiger partial charge in [-0.3, -0.25) is 4.79 Å². The molecule has 3 nitrogen and oxygen atoms in total. The zero-order chi connectivity index (χ0) is 11.8. The van der Waals surface area contributed by atoms with Gasteiger partial charge in [0.05, 0.1) is 20.8 Å². The Morgan fingerprint density at radius 2 is 2.06 bits per heavy atom. The van der Waals surface area contributed by atoms with E-state index in [4.69, 9.17) is 0 Å². The molecule has 84 valence electrons. The number of hydrogen-bond donors (Lipinski definition) is 1. The summed E-state index contributed by atoms with van der Waals surface area (Å²) >= 11 is 1.59. The Labute approximate surface area is 102 Å². The van der Waals surface area contributed by atoms with Crippen LogP contribution < -0.4 is 10.7 Å². The van der Waals surface area contributed by atoms with E-state index in [0.29, 0.717) is 0 Å². The molecule has 0 aromatic heterocycles. The van der Waals surface area contributed by atoms with Gasteiger partial charge in [0.15, 0.2) is 5.43 Å². The van der Waals surface area contributed by atoms with Gasteiger partial charge in [-0.25, -0.2) is 4.98 Å². The van der Waals surface area contributed by atoms with Crippen molar-refractivity contribution in [3.8, 4) is 10.6 Å². The van der Waals surface area contributed by atoms with Gasteiger partial charge in [0.1, 0.15) is 0 Å². The fourth-order valence-corrected chi connectivity index (χ4v) is 2.79. The third kappa shape index (κ3) is 1.76. The van der Waals surface area contributed by atoms with Crippen LogP contribution in [0.5, 0.6) is 0 Å². The summed E-state index contributed by atoms with van der Waals surface area (Å²) in [6, 6.07) is 11.0. The molecule has 0 amide bonds. The minimum Gasteiger partial charge on any atom is -0.388 e. The summed E-state index contributed by atoms with van der Waals surface area (Å²) < 4.78 is 1.08. The van der Waals surface area contributed by atoms with Crippen LogP contribution in [0.25, 0.3) is 20.8 Å². The minimum absolute atomic E-state index is 0.0275. The van der Waals surface area contributed by atoms with Crippen LogP contribution in [0.2, 0.25) is 0 Å². The molecule has 3 rings (SSSR count). The van der Waals surface area contributed by atoms with E-state index in [1.54, 1.807) is 29.5 Å². The number of rotatable bonds is 1. The van der Waals surface area contributed by atoms with E-state index in [-0.39, 0.29) is 5.43 Å². The maximum Gasteiger partial charge on any atom is 0.180 e. The first kappa shape index (κ1) is 10.2. The average molecular weight is 242 g/mol. The summed E-state index contributed by atoms with van der Waals surface area (Å²) in [7, 11) is 1.88. The molecule has 1 aliphatic heterocycles. The maximum atomic E-state index is 11.3. The number of nitrogens with one attached hydrogen (secondary N) is 1. The van der Waals surface area contributed by atoms with E-state index in [0.717, 1.165) is 26.5 Å². The van der Waals surface area contributed by atoms with Crippen molar-refractivity contribution in [1.29, 1.82) is 0 Å². The van der Waals surface area contributed by atoms with Gasteiger partial charge >= 0.3 is 0 Å². The van der Waals surface area contributed by atoms with Gasteiger partial charge in [0, 0.05) is 18.8 Å². The molecule has 0 atom stereocenters. The minimum atomic E-state index is 0.0275. The maximum absolute atomic E-state index is 11.3. The van der Waals surface area contributed by atoms with Crippen molar-refractivity contribution in [3.63, 3.8) is 0 Å². The summed E-state index contributed by atoms with van der Waals surface area (Å²) in [5.74, 6) is 0. The second kappa shape index (κ2) is 3.82. The van der Waals surface area contributed by atoms with Gasteiger partial charge in [-0.1, -0.05) is 0 Å². The fourth-order valence-electron chi connectivity index (χ4n) is 1.76. The van der Waals surface area contributed by atoms with Crippen LogP contribution in [-0.2, 0) is 0 Å². The molecule has 0 spiro atoms. The van der Waals surface area contributed by atoms with E-state index in [1.165, 1.54) is 0 Å². The van der Waals surface area contributed by atoms with Gasteiger partial charge < -0.3 is 5.32 Å². The molecule has 0 fully saturated rings. The molecule has 1 aliphatic carbocycles. The number of anilines is 1. The summed E-state index contributed by atoms with van der Waals surface area (Å²) in [5.41, 5.74) is 2.91. The van der Waals surface area contributed by atoms with E-state index >= 15 is 0 Å². The summed E-state index contributed by atoms with van der Waals surface area (Å²) in [6.45, 7) is 0. The number of fused-ring (bicyclic) bond motifs is 2. The number of aromatic nitrogens is 1. The predicted octanol–water partition coefficient (Wildman–Crippen LogP) is 2.80. The van der Waals surface area contributed by atoms with Crippen LogP contribution >= 0.6 is 11.3 Å². The predicted molar refractivity (Wildman–Crippen MR) is 72.1 cm³/mol. The zero-order valence-electron chi connectivity index (χ0n) is 9.23. The van der Waals surface area contributed by atoms with Gasteiger partial charge in [0.2, 0.25) is 0 Å². The van der Waals surface area contributed by atoms with Crippen molar-refractivity contribution in [2.75, 3.05) is 12.4 Å². The third-order valence-electron chi connectivity index (χ3n) is 2.64. The summed E-state index contributed by atoms with van der Waals surface area (Å²) in [6.07, 6.45) is 0. The Hall–Kier alpha value is -1.94. The Kier molecular flexibility index (Phi) is 2.30. The molecule has 4 heteroatoms. The van der Waals surface area contributed by atoms with Crippen molar-refractivity contribution in [2.45, 2.75) is 0 Å². The standard InChI is InChI=1S/C13H10N2OS/c1-14-8-2-4-10-12(6-8)17-13-7-9(16)3-5-11(13)15-10/h2-7,14H,1H3. The van der Waals surface area contributed by atoms with E-state index in [2.05, 4.69) is 10.3 Å². The number of hydrogen-bond acceptors (Lipinski definition) is 4. The molecule has 1 aromatic carbocycles. The first-order chi connectivity index (χ1) is 8.26. The lowest BCUT2D eigenvalue weighted by molar-refractivity contribution is 1.40. The highest BCUT2D eigenvalue weighted by atomic mass is 32.1. The van der Waals surface area contributed by atoms with Crippen LogP contribution in [0, 0.1) is 0 Å². The van der Waals surface area contributed by atoms with Crippen LogP contribution in [0.4, 0.5) is 5.69 Å². The molecule has 17 heavy (non-hydrogen) atoms. The van der Waals surface area contributed by atoms with Crippen molar-refractivity contribution in [2.24, 2.45) is 0 Å². The molecule has 2 aliphatic rings. The normalized spacial score (nSPS) is 10.9. The van der Waals surface area contributed by atoms with E-state index < -0.39 is 0 Å². The second-order valence-electron chi connectivity index (χ2n) is 3.78. The average Bonchev–Trinajstić information content (AvgIpc) is 2.35. The highest BCUT2D eigenvalue weighted by Gasteiger charge is 2.07. The lowest BCUT2D eigenvalue weighted by atomic mass is 10.2. The monoisotopic (exact) mass is 242 g/mol. The lowest BCUT2D eigenvalue weighted by Gasteiger charge is -2.06. The molecular formula is C13H10N2OS. The van der Waals surface area contributed by atoms with Crippen LogP contribution in [0.15, 0.2) is 41.2 Å². The molecule has 0 saturated carbocycles. The number of nitrogens with zero attached hydrogens (tertiary/aromatic N) is 1. The zero-order valence-corrected chi connectivity index (χ0v) is 10.0. The molecule has 0 unspecified atom stereocenters. The first-order valence-electron chi connectivity index (χ1n) is 5.29. The summed E-state index contributed by atoms with van der Waals surface area (Å²) in [5, 5.41) is 3.10. The molecule has 0 bridgehead atoms. The molecule has 0 saturated heterocycles. The van der Waals surface area contributed by atoms with Crippen molar-refractivity contribution >= 4 is 27.2 Å². The van der Waals surface area contributed by atoms with Crippen LogP contribution in [0.1, 0.15) is 0 Å². The molecule has 1 aromatic rings. The Morgan fingerprint density at radius 3 is 2.88 bits per heavy atom. The van der Waals surface area contributed by atoms with Crippen molar-refractivity contribution in [3.05, 3.63) is 46.6 Å². The Morgan fingerprint density at radius 1 is 1.18 bits per heavy atom. The Balaban J connectivity index is 2.37. The van der Waals surface area contributed by atoms with Crippen LogP contribution in [0.3, 0.4) is 0 Å². The highest BCUT2D eigenvalue weighted by Crippen LogP contribution is 2.30. The van der Waals surface area contributed by atoms with E-state index in [1.807, 2.05) is 25.2 Å². The molecule has 1 heterocycles. The van der Waals surface area contributed by atoms with Crippen molar-refractivity contribution in [1.82, 2.24) is 4.98 Å². The molecular weight excluding hydrogens is 232 g/mol. The lowest BCUT2D eigenvalue weighted by Crippen LogP contribution is -1.98. The molecule has 1 N–H and O–H groups in total. The third-order valence-corrected chi connectivity index (χ3v) is 3.73. The largest absolute Gasteiger partial charge is 0.388 e. The van der Waals surface area contributed by atoms with Crippen LogP contribution in [-0.4, -0.2) is 12.0 Å². The van der Waals surface area contributed by atoms with Gasteiger partial charge in [-0.05, 0) is 30.3 Å². The Bertz CT molecular complexity index is 720. The second-order valence-corrected chi connectivity index (χ2v) is 4.86. The van der Waals surface area contributed by atoms with Crippen molar-refractivity contribution < 1.29 is 0 Å². The van der Waals surface area contributed by atoms with Gasteiger partial charge in [0.25, 0.3) is 0 Å². The number of benzene rings is 2. The van der Waals surface area contributed by atoms with Gasteiger partial charge in [-0.2, -0.15) is 0 Å². The summed E-state index contributed by atoms with van der Waals surface area (Å²) in [4.78, 5) is 16.8. The quantitative estimate of drug-likeness (QED) is 0.667. The highest BCUT2D eigenvalue weighted by molar-refractivity contribution is 7.21. The van der Waals surface area contributed by atoms with E-state index in [9.17, 15) is 4.79 Å². The van der Waals surface area contributed by atoms with Gasteiger partial charge in [-0.15, -0.1) is 11.3 Å². The SMILES string of the molecule is CNc1ccc2nc3ccc(=O)cc-3sc2c1. The smallest absolute Gasteiger partial charge is 0.180 e. The first-order valence-corrected chi connectivity index (χ1v) is 6.10. The topological polar surface area (TPSA) is 42.0 Å². The molecule has 0 radical (unpaired) electrons.